The summed E-state index contributed by atoms with van der Waals surface area (Å²) >= 11 is 7.00. The van der Waals surface area contributed by atoms with Gasteiger partial charge in [-0.05, 0) is 40.4 Å². The quantitative estimate of drug-likeness (QED) is 0.756. The van der Waals surface area contributed by atoms with E-state index in [4.69, 9.17) is 0 Å². The standard InChI is InChI=1S/C12H16Br2N2/c13-4-5-16(12-2-1-3-12)9-10-6-11(14)8-15-7-10/h6-8,12H,1-5,9H2. The van der Waals surface area contributed by atoms with Gasteiger partial charge in [0.25, 0.3) is 0 Å². The molecule has 1 aromatic rings. The van der Waals surface area contributed by atoms with Gasteiger partial charge in [0.2, 0.25) is 0 Å². The summed E-state index contributed by atoms with van der Waals surface area (Å²) < 4.78 is 1.07. The minimum Gasteiger partial charge on any atom is -0.295 e. The van der Waals surface area contributed by atoms with Gasteiger partial charge in [0.1, 0.15) is 0 Å². The number of pyridine rings is 1. The maximum absolute atomic E-state index is 4.22. The molecule has 0 atom stereocenters. The first-order valence-corrected chi connectivity index (χ1v) is 7.60. The third-order valence-electron chi connectivity index (χ3n) is 3.11. The first kappa shape index (κ1) is 12.5. The van der Waals surface area contributed by atoms with E-state index in [1.165, 1.54) is 24.8 Å². The largest absolute Gasteiger partial charge is 0.295 e. The summed E-state index contributed by atoms with van der Waals surface area (Å²) in [5.74, 6) is 0. The molecule has 1 aliphatic carbocycles. The Hall–Kier alpha value is 0.0700. The molecule has 2 rings (SSSR count). The second-order valence-corrected chi connectivity index (χ2v) is 5.96. The van der Waals surface area contributed by atoms with Crippen molar-refractivity contribution in [2.24, 2.45) is 0 Å². The normalized spacial score (nSPS) is 16.4. The van der Waals surface area contributed by atoms with Crippen LogP contribution in [0, 0.1) is 0 Å². The van der Waals surface area contributed by atoms with Crippen LogP contribution in [-0.4, -0.2) is 27.8 Å². The zero-order valence-corrected chi connectivity index (χ0v) is 12.4. The van der Waals surface area contributed by atoms with Crippen LogP contribution in [0.15, 0.2) is 22.9 Å². The first-order chi connectivity index (χ1) is 7.79. The van der Waals surface area contributed by atoms with E-state index in [-0.39, 0.29) is 0 Å². The second-order valence-electron chi connectivity index (χ2n) is 4.26. The Morgan fingerprint density at radius 2 is 2.19 bits per heavy atom. The fraction of sp³-hybridized carbons (Fsp3) is 0.583. The molecular weight excluding hydrogens is 332 g/mol. The van der Waals surface area contributed by atoms with Gasteiger partial charge in [-0.3, -0.25) is 9.88 Å². The summed E-state index contributed by atoms with van der Waals surface area (Å²) in [5, 5.41) is 1.05. The van der Waals surface area contributed by atoms with E-state index in [9.17, 15) is 0 Å². The molecule has 0 unspecified atom stereocenters. The highest BCUT2D eigenvalue weighted by Crippen LogP contribution is 2.26. The Balaban J connectivity index is 1.98. The lowest BCUT2D eigenvalue weighted by molar-refractivity contribution is 0.128. The van der Waals surface area contributed by atoms with E-state index in [1.807, 2.05) is 12.4 Å². The Morgan fingerprint density at radius 1 is 1.38 bits per heavy atom. The Morgan fingerprint density at radius 3 is 2.75 bits per heavy atom. The van der Waals surface area contributed by atoms with Gasteiger partial charge in [-0.2, -0.15) is 0 Å². The van der Waals surface area contributed by atoms with Crippen molar-refractivity contribution in [1.82, 2.24) is 9.88 Å². The van der Waals surface area contributed by atoms with Crippen LogP contribution in [0.25, 0.3) is 0 Å². The lowest BCUT2D eigenvalue weighted by Crippen LogP contribution is -2.40. The van der Waals surface area contributed by atoms with Crippen molar-refractivity contribution in [3.63, 3.8) is 0 Å². The van der Waals surface area contributed by atoms with Crippen LogP contribution in [0.1, 0.15) is 24.8 Å². The molecule has 1 aromatic heterocycles. The minimum atomic E-state index is 0.788. The molecule has 0 saturated heterocycles. The van der Waals surface area contributed by atoms with Gasteiger partial charge >= 0.3 is 0 Å². The molecule has 2 nitrogen and oxygen atoms in total. The van der Waals surface area contributed by atoms with E-state index in [0.29, 0.717) is 0 Å². The molecule has 0 radical (unpaired) electrons. The highest BCUT2D eigenvalue weighted by Gasteiger charge is 2.24. The van der Waals surface area contributed by atoms with Crippen molar-refractivity contribution in [3.05, 3.63) is 28.5 Å². The molecule has 0 aromatic carbocycles. The average molecular weight is 348 g/mol. The predicted octanol–water partition coefficient (Wildman–Crippen LogP) is 3.59. The van der Waals surface area contributed by atoms with Crippen LogP contribution in [0.2, 0.25) is 0 Å². The van der Waals surface area contributed by atoms with Gasteiger partial charge in [-0.1, -0.05) is 22.4 Å². The van der Waals surface area contributed by atoms with E-state index in [0.717, 1.165) is 28.9 Å². The summed E-state index contributed by atoms with van der Waals surface area (Å²) in [6.45, 7) is 2.14. The average Bonchev–Trinajstić information content (AvgIpc) is 2.15. The topological polar surface area (TPSA) is 16.1 Å². The summed E-state index contributed by atoms with van der Waals surface area (Å²) in [5.41, 5.74) is 1.29. The SMILES string of the molecule is BrCCN(Cc1cncc(Br)c1)C1CCC1. The molecule has 0 aliphatic heterocycles. The van der Waals surface area contributed by atoms with Crippen molar-refractivity contribution in [1.29, 1.82) is 0 Å². The number of aromatic nitrogens is 1. The number of hydrogen-bond donors (Lipinski definition) is 0. The van der Waals surface area contributed by atoms with Crippen molar-refractivity contribution in [3.8, 4) is 0 Å². The van der Waals surface area contributed by atoms with E-state index < -0.39 is 0 Å². The lowest BCUT2D eigenvalue weighted by atomic mass is 9.91. The van der Waals surface area contributed by atoms with Crippen molar-refractivity contribution in [2.45, 2.75) is 31.8 Å². The van der Waals surface area contributed by atoms with Gasteiger partial charge < -0.3 is 0 Å². The summed E-state index contributed by atoms with van der Waals surface area (Å²) in [6.07, 6.45) is 7.90. The Kier molecular flexibility index (Phi) is 4.79. The zero-order chi connectivity index (χ0) is 11.4. The summed E-state index contributed by atoms with van der Waals surface area (Å²) in [7, 11) is 0. The summed E-state index contributed by atoms with van der Waals surface area (Å²) in [6, 6.07) is 2.95. The van der Waals surface area contributed by atoms with Crippen molar-refractivity contribution >= 4 is 31.9 Å². The number of nitrogens with zero attached hydrogens (tertiary/aromatic N) is 2. The number of rotatable bonds is 5. The number of hydrogen-bond acceptors (Lipinski definition) is 2. The van der Waals surface area contributed by atoms with Crippen LogP contribution in [0.4, 0.5) is 0 Å². The molecule has 1 heterocycles. The van der Waals surface area contributed by atoms with Gasteiger partial charge in [0.05, 0.1) is 0 Å². The van der Waals surface area contributed by atoms with Crippen molar-refractivity contribution < 1.29 is 0 Å². The zero-order valence-electron chi connectivity index (χ0n) is 9.20. The van der Waals surface area contributed by atoms with Crippen LogP contribution in [0.5, 0.6) is 0 Å². The maximum atomic E-state index is 4.22. The van der Waals surface area contributed by atoms with Crippen LogP contribution in [-0.2, 0) is 6.54 Å². The monoisotopic (exact) mass is 346 g/mol. The van der Waals surface area contributed by atoms with E-state index >= 15 is 0 Å². The fourth-order valence-electron chi connectivity index (χ4n) is 2.03. The molecular formula is C12H16Br2N2. The highest BCUT2D eigenvalue weighted by atomic mass is 79.9. The fourth-order valence-corrected chi connectivity index (χ4v) is 2.90. The van der Waals surface area contributed by atoms with Crippen molar-refractivity contribution in [2.75, 3.05) is 11.9 Å². The number of alkyl halides is 1. The molecule has 1 aliphatic rings. The van der Waals surface area contributed by atoms with Gasteiger partial charge in [0, 0.05) is 41.3 Å². The molecule has 1 saturated carbocycles. The third-order valence-corrected chi connectivity index (χ3v) is 3.90. The molecule has 0 N–H and O–H groups in total. The maximum Gasteiger partial charge on any atom is 0.0410 e. The van der Waals surface area contributed by atoms with E-state index in [2.05, 4.69) is 47.8 Å². The number of halogens is 2. The van der Waals surface area contributed by atoms with Crippen LogP contribution in [0.3, 0.4) is 0 Å². The predicted molar refractivity (Wildman–Crippen MR) is 73.8 cm³/mol. The molecule has 88 valence electrons. The molecule has 1 fully saturated rings. The molecule has 0 bridgehead atoms. The Labute approximate surface area is 114 Å². The van der Waals surface area contributed by atoms with Crippen LogP contribution >= 0.6 is 31.9 Å². The smallest absolute Gasteiger partial charge is 0.0410 e. The molecule has 4 heteroatoms. The van der Waals surface area contributed by atoms with Gasteiger partial charge in [-0.15, -0.1) is 0 Å². The van der Waals surface area contributed by atoms with Gasteiger partial charge in [-0.25, -0.2) is 0 Å². The molecule has 0 spiro atoms. The summed E-state index contributed by atoms with van der Waals surface area (Å²) in [4.78, 5) is 6.77. The molecule has 0 amide bonds. The molecule has 16 heavy (non-hydrogen) atoms. The second kappa shape index (κ2) is 6.12. The van der Waals surface area contributed by atoms with E-state index in [1.54, 1.807) is 0 Å². The third kappa shape index (κ3) is 3.28. The Bertz CT molecular complexity index is 340. The minimum absolute atomic E-state index is 0.788. The van der Waals surface area contributed by atoms with Gasteiger partial charge in [0.15, 0.2) is 0 Å². The highest BCUT2D eigenvalue weighted by molar-refractivity contribution is 9.10. The lowest BCUT2D eigenvalue weighted by Gasteiger charge is -2.37. The first-order valence-electron chi connectivity index (χ1n) is 5.69. The van der Waals surface area contributed by atoms with Crippen LogP contribution < -0.4 is 0 Å².